The van der Waals surface area contributed by atoms with Gasteiger partial charge in [0.1, 0.15) is 0 Å². The zero-order valence-corrected chi connectivity index (χ0v) is 12.7. The average Bonchev–Trinajstić information content (AvgIpc) is 2.76. The molecule has 1 heteroatoms. The van der Waals surface area contributed by atoms with E-state index in [0.29, 0.717) is 5.92 Å². The van der Waals surface area contributed by atoms with Gasteiger partial charge in [-0.2, -0.15) is 0 Å². The van der Waals surface area contributed by atoms with Crippen LogP contribution < -0.4 is 0 Å². The van der Waals surface area contributed by atoms with E-state index < -0.39 is 0 Å². The first-order valence-electron chi connectivity index (χ1n) is 8.16. The van der Waals surface area contributed by atoms with Crippen LogP contribution in [-0.2, 0) is 5.54 Å². The smallest absolute Gasteiger partial charge is 0.0529 e. The summed E-state index contributed by atoms with van der Waals surface area (Å²) in [4.78, 5) is 2.68. The Morgan fingerprint density at radius 1 is 0.857 bits per heavy atom. The standard InChI is InChI=1S/C20H23N/c1-21-18-12-13-19(16-8-4-2-5-9-16)20(21,15-14-18)17-10-6-3-7-11-17/h2-11,18-19H,12-15H2,1H3/t18-,19?,20+/m1/s1. The minimum atomic E-state index is 0.200. The molecule has 1 nitrogen and oxygen atoms in total. The van der Waals surface area contributed by atoms with Crippen LogP contribution in [-0.4, -0.2) is 18.0 Å². The lowest BCUT2D eigenvalue weighted by molar-refractivity contribution is 0.0566. The summed E-state index contributed by atoms with van der Waals surface area (Å²) < 4.78 is 0. The molecule has 0 spiro atoms. The Balaban J connectivity index is 1.86. The van der Waals surface area contributed by atoms with E-state index in [0.717, 1.165) is 6.04 Å². The molecule has 2 heterocycles. The fourth-order valence-electron chi connectivity index (χ4n) is 4.84. The summed E-state index contributed by atoms with van der Waals surface area (Å²) in [5, 5.41) is 0. The van der Waals surface area contributed by atoms with E-state index in [1.165, 1.54) is 36.8 Å². The Bertz CT molecular complexity index is 604. The van der Waals surface area contributed by atoms with Gasteiger partial charge >= 0.3 is 0 Å². The van der Waals surface area contributed by atoms with Gasteiger partial charge < -0.3 is 0 Å². The van der Waals surface area contributed by atoms with Gasteiger partial charge in [-0.3, -0.25) is 4.90 Å². The maximum Gasteiger partial charge on any atom is 0.0529 e. The number of hydrogen-bond acceptors (Lipinski definition) is 1. The molecule has 0 aliphatic carbocycles. The van der Waals surface area contributed by atoms with E-state index >= 15 is 0 Å². The van der Waals surface area contributed by atoms with Crippen molar-refractivity contribution in [3.8, 4) is 0 Å². The first-order valence-corrected chi connectivity index (χ1v) is 8.16. The lowest BCUT2D eigenvalue weighted by atomic mass is 9.70. The third kappa shape index (κ3) is 1.87. The highest BCUT2D eigenvalue weighted by Gasteiger charge is 2.53. The van der Waals surface area contributed by atoms with E-state index in [2.05, 4.69) is 72.6 Å². The summed E-state index contributed by atoms with van der Waals surface area (Å²) in [5.41, 5.74) is 3.21. The predicted molar refractivity (Wildman–Crippen MR) is 87.3 cm³/mol. The van der Waals surface area contributed by atoms with Crippen LogP contribution in [0.25, 0.3) is 0 Å². The number of piperidine rings is 1. The van der Waals surface area contributed by atoms with Crippen molar-refractivity contribution >= 4 is 0 Å². The van der Waals surface area contributed by atoms with Crippen molar-refractivity contribution in [2.75, 3.05) is 7.05 Å². The van der Waals surface area contributed by atoms with Crippen molar-refractivity contribution in [2.45, 2.75) is 43.2 Å². The molecule has 108 valence electrons. The monoisotopic (exact) mass is 277 g/mol. The molecule has 2 aromatic rings. The fraction of sp³-hybridized carbons (Fsp3) is 0.400. The normalized spacial score (nSPS) is 32.2. The maximum absolute atomic E-state index is 2.68. The van der Waals surface area contributed by atoms with Crippen LogP contribution in [0.2, 0.25) is 0 Å². The largest absolute Gasteiger partial charge is 0.293 e. The fourth-order valence-corrected chi connectivity index (χ4v) is 4.84. The van der Waals surface area contributed by atoms with Gasteiger partial charge in [-0.25, -0.2) is 0 Å². The van der Waals surface area contributed by atoms with Gasteiger partial charge in [0, 0.05) is 12.0 Å². The maximum atomic E-state index is 2.68. The van der Waals surface area contributed by atoms with Gasteiger partial charge in [0.2, 0.25) is 0 Å². The summed E-state index contributed by atoms with van der Waals surface area (Å²) >= 11 is 0. The van der Waals surface area contributed by atoms with E-state index in [9.17, 15) is 0 Å². The number of likely N-dealkylation sites (N-methyl/N-ethyl adjacent to an activating group) is 1. The van der Waals surface area contributed by atoms with Crippen molar-refractivity contribution in [3.63, 3.8) is 0 Å². The molecular formula is C20H23N. The zero-order valence-electron chi connectivity index (χ0n) is 12.7. The first-order chi connectivity index (χ1) is 10.3. The molecule has 2 saturated heterocycles. The second-order valence-corrected chi connectivity index (χ2v) is 6.63. The number of nitrogens with zero attached hydrogens (tertiary/aromatic N) is 1. The Hall–Kier alpha value is -1.60. The summed E-state index contributed by atoms with van der Waals surface area (Å²) in [6.07, 6.45) is 5.28. The van der Waals surface area contributed by atoms with Gasteiger partial charge in [-0.15, -0.1) is 0 Å². The topological polar surface area (TPSA) is 3.24 Å². The summed E-state index contributed by atoms with van der Waals surface area (Å²) in [5.74, 6) is 0.616. The summed E-state index contributed by atoms with van der Waals surface area (Å²) in [6, 6.07) is 23.1. The van der Waals surface area contributed by atoms with Gasteiger partial charge in [0.25, 0.3) is 0 Å². The molecule has 21 heavy (non-hydrogen) atoms. The van der Waals surface area contributed by atoms with Crippen molar-refractivity contribution < 1.29 is 0 Å². The van der Waals surface area contributed by atoms with Crippen molar-refractivity contribution in [1.29, 1.82) is 0 Å². The van der Waals surface area contributed by atoms with Gasteiger partial charge in [-0.1, -0.05) is 60.7 Å². The Morgan fingerprint density at radius 2 is 1.52 bits per heavy atom. The average molecular weight is 277 g/mol. The number of hydrogen-bond donors (Lipinski definition) is 0. The second-order valence-electron chi connectivity index (χ2n) is 6.63. The molecule has 0 radical (unpaired) electrons. The van der Waals surface area contributed by atoms with Crippen LogP contribution >= 0.6 is 0 Å². The Kier molecular flexibility index (Phi) is 3.11. The molecule has 2 bridgehead atoms. The second kappa shape index (κ2) is 4.99. The van der Waals surface area contributed by atoms with Crippen LogP contribution in [0.1, 0.15) is 42.7 Å². The van der Waals surface area contributed by atoms with E-state index in [4.69, 9.17) is 0 Å². The minimum Gasteiger partial charge on any atom is -0.293 e. The number of rotatable bonds is 2. The lowest BCUT2D eigenvalue weighted by Crippen LogP contribution is -2.50. The third-order valence-electron chi connectivity index (χ3n) is 5.88. The molecule has 3 atom stereocenters. The molecule has 0 saturated carbocycles. The van der Waals surface area contributed by atoms with Gasteiger partial charge in [0.05, 0.1) is 5.54 Å². The highest BCUT2D eigenvalue weighted by atomic mass is 15.2. The predicted octanol–water partition coefficient (Wildman–Crippen LogP) is 4.55. The molecule has 2 fully saturated rings. The summed E-state index contributed by atoms with van der Waals surface area (Å²) in [7, 11) is 2.35. The van der Waals surface area contributed by atoms with Crippen LogP contribution in [0, 0.1) is 0 Å². The van der Waals surface area contributed by atoms with Crippen LogP contribution in [0.5, 0.6) is 0 Å². The molecular weight excluding hydrogens is 254 g/mol. The number of fused-ring (bicyclic) bond motifs is 2. The zero-order chi connectivity index (χ0) is 14.3. The van der Waals surface area contributed by atoms with Gasteiger partial charge in [-0.05, 0) is 43.9 Å². The lowest BCUT2D eigenvalue weighted by Gasteiger charge is -2.49. The van der Waals surface area contributed by atoms with E-state index in [1.54, 1.807) is 0 Å². The van der Waals surface area contributed by atoms with Crippen LogP contribution in [0.15, 0.2) is 60.7 Å². The third-order valence-corrected chi connectivity index (χ3v) is 5.88. The van der Waals surface area contributed by atoms with Crippen molar-refractivity contribution in [1.82, 2.24) is 4.90 Å². The summed E-state index contributed by atoms with van der Waals surface area (Å²) in [6.45, 7) is 0. The SMILES string of the molecule is CN1[C@@H]2CCC(c3ccccc3)[C@@]1(c1ccccc1)CC2. The molecule has 1 unspecified atom stereocenters. The van der Waals surface area contributed by atoms with Crippen molar-refractivity contribution in [3.05, 3.63) is 71.8 Å². The Labute approximate surface area is 127 Å². The van der Waals surface area contributed by atoms with Gasteiger partial charge in [0.15, 0.2) is 0 Å². The molecule has 0 N–H and O–H groups in total. The van der Waals surface area contributed by atoms with Crippen LogP contribution in [0.3, 0.4) is 0 Å². The minimum absolute atomic E-state index is 0.200. The Morgan fingerprint density at radius 3 is 2.24 bits per heavy atom. The molecule has 2 aliphatic heterocycles. The highest BCUT2D eigenvalue weighted by Crippen LogP contribution is 2.56. The first kappa shape index (κ1) is 13.1. The molecule has 2 aromatic carbocycles. The quantitative estimate of drug-likeness (QED) is 0.778. The van der Waals surface area contributed by atoms with Crippen LogP contribution in [0.4, 0.5) is 0 Å². The molecule has 0 amide bonds. The van der Waals surface area contributed by atoms with E-state index in [1.807, 2.05) is 0 Å². The molecule has 4 rings (SSSR count). The molecule has 0 aromatic heterocycles. The highest BCUT2D eigenvalue weighted by molar-refractivity contribution is 5.36. The van der Waals surface area contributed by atoms with Crippen molar-refractivity contribution in [2.24, 2.45) is 0 Å². The molecule has 2 aliphatic rings. The van der Waals surface area contributed by atoms with E-state index in [-0.39, 0.29) is 5.54 Å². The number of benzene rings is 2.